The van der Waals surface area contributed by atoms with Crippen LogP contribution in [-0.2, 0) is 15.1 Å². The standard InChI is InChI=1S/C22H22N2O4/c1-15-14-16(2)24-21(23-15)28-19(20(25)26)22(27-3,17-10-6-4-7-11-17)18-12-8-5-9-13-18/h4-14,19H,1-3H3,(H,25,26)/t19-/m0/s1/i3D3. The summed E-state index contributed by atoms with van der Waals surface area (Å²) in [4.78, 5) is 20.8. The van der Waals surface area contributed by atoms with Crippen LogP contribution in [0.4, 0.5) is 0 Å². The first kappa shape index (κ1) is 15.8. The van der Waals surface area contributed by atoms with Gasteiger partial charge in [0.1, 0.15) is 0 Å². The van der Waals surface area contributed by atoms with E-state index in [-0.39, 0.29) is 6.01 Å². The first-order chi connectivity index (χ1) is 14.6. The van der Waals surface area contributed by atoms with Crippen molar-refractivity contribution in [1.82, 2.24) is 9.97 Å². The molecule has 2 aromatic carbocycles. The van der Waals surface area contributed by atoms with Crippen molar-refractivity contribution in [3.05, 3.63) is 89.2 Å². The van der Waals surface area contributed by atoms with Gasteiger partial charge in [0.25, 0.3) is 0 Å². The lowest BCUT2D eigenvalue weighted by atomic mass is 9.81. The van der Waals surface area contributed by atoms with Crippen molar-refractivity contribution in [1.29, 1.82) is 0 Å². The summed E-state index contributed by atoms with van der Waals surface area (Å²) in [5, 5.41) is 10.2. The van der Waals surface area contributed by atoms with Gasteiger partial charge in [-0.1, -0.05) is 60.7 Å². The second-order valence-electron chi connectivity index (χ2n) is 6.34. The van der Waals surface area contributed by atoms with Gasteiger partial charge in [0.2, 0.25) is 6.10 Å². The fourth-order valence-electron chi connectivity index (χ4n) is 3.17. The molecule has 0 fully saturated rings. The number of methoxy groups -OCH3 is 1. The maximum Gasteiger partial charge on any atom is 0.348 e. The first-order valence-electron chi connectivity index (χ1n) is 10.1. The fraction of sp³-hybridized carbons (Fsp3) is 0.227. The predicted octanol–water partition coefficient (Wildman–Crippen LogP) is 3.52. The van der Waals surface area contributed by atoms with Crippen molar-refractivity contribution in [3.63, 3.8) is 0 Å². The Morgan fingerprint density at radius 1 is 1.00 bits per heavy atom. The number of hydrogen-bond acceptors (Lipinski definition) is 5. The summed E-state index contributed by atoms with van der Waals surface area (Å²) in [5.74, 6) is -1.43. The minimum atomic E-state index is -2.94. The van der Waals surface area contributed by atoms with Crippen molar-refractivity contribution in [2.24, 2.45) is 0 Å². The van der Waals surface area contributed by atoms with Crippen LogP contribution in [0.15, 0.2) is 66.7 Å². The number of benzene rings is 2. The summed E-state index contributed by atoms with van der Waals surface area (Å²) in [6, 6.07) is 18.1. The van der Waals surface area contributed by atoms with Gasteiger partial charge < -0.3 is 14.6 Å². The number of carboxylic acid groups (broad SMARTS) is 1. The molecule has 0 aliphatic heterocycles. The van der Waals surface area contributed by atoms with Crippen LogP contribution in [0.25, 0.3) is 0 Å². The second kappa shape index (κ2) is 8.19. The Labute approximate surface area is 168 Å². The molecule has 0 amide bonds. The number of aromatic nitrogens is 2. The van der Waals surface area contributed by atoms with Crippen LogP contribution < -0.4 is 4.74 Å². The maximum atomic E-state index is 12.5. The average molecular weight is 381 g/mol. The molecule has 1 heterocycles. The van der Waals surface area contributed by atoms with E-state index in [4.69, 9.17) is 13.6 Å². The lowest BCUT2D eigenvalue weighted by Crippen LogP contribution is -2.50. The monoisotopic (exact) mass is 381 g/mol. The van der Waals surface area contributed by atoms with E-state index in [1.807, 2.05) is 0 Å². The smallest absolute Gasteiger partial charge is 0.348 e. The number of nitrogens with zero attached hydrogens (tertiary/aromatic N) is 2. The van der Waals surface area contributed by atoms with Crippen molar-refractivity contribution in [3.8, 4) is 6.01 Å². The maximum absolute atomic E-state index is 12.5. The number of rotatable bonds is 7. The molecule has 3 aromatic rings. The Morgan fingerprint density at radius 3 is 1.93 bits per heavy atom. The Kier molecular flexibility index (Phi) is 4.61. The molecule has 6 heteroatoms. The van der Waals surface area contributed by atoms with E-state index in [1.165, 1.54) is 0 Å². The molecular weight excluding hydrogens is 356 g/mol. The van der Waals surface area contributed by atoms with Gasteiger partial charge in [0.15, 0.2) is 5.60 Å². The molecule has 28 heavy (non-hydrogen) atoms. The number of aliphatic carboxylic acids is 1. The molecule has 144 valence electrons. The summed E-state index contributed by atoms with van der Waals surface area (Å²) in [6.07, 6.45) is -1.81. The summed E-state index contributed by atoms with van der Waals surface area (Å²) in [7, 11) is -2.94. The lowest BCUT2D eigenvalue weighted by molar-refractivity contribution is -0.160. The molecule has 3 rings (SSSR count). The van der Waals surface area contributed by atoms with Crippen LogP contribution in [0.3, 0.4) is 0 Å². The highest BCUT2D eigenvalue weighted by atomic mass is 16.6. The number of carboxylic acids is 1. The summed E-state index contributed by atoms with van der Waals surface area (Å²) < 4.78 is 34.8. The number of hydrogen-bond donors (Lipinski definition) is 1. The summed E-state index contributed by atoms with van der Waals surface area (Å²) in [5.41, 5.74) is -0.259. The number of aryl methyl sites for hydroxylation is 2. The molecule has 0 bridgehead atoms. The van der Waals surface area contributed by atoms with Crippen molar-refractivity contribution >= 4 is 5.97 Å². The zero-order valence-corrected chi connectivity index (χ0v) is 15.5. The van der Waals surface area contributed by atoms with Crippen LogP contribution in [-0.4, -0.2) is 34.2 Å². The van der Waals surface area contributed by atoms with Crippen LogP contribution in [0, 0.1) is 13.8 Å². The Bertz CT molecular complexity index is 984. The third kappa shape index (κ3) is 3.73. The van der Waals surface area contributed by atoms with E-state index in [9.17, 15) is 9.90 Å². The van der Waals surface area contributed by atoms with Crippen LogP contribution in [0.5, 0.6) is 6.01 Å². The molecule has 0 spiro atoms. The molecule has 1 aromatic heterocycles. The fourth-order valence-corrected chi connectivity index (χ4v) is 3.17. The zero-order chi connectivity index (χ0) is 22.6. The minimum absolute atomic E-state index is 0.185. The Morgan fingerprint density at radius 2 is 1.50 bits per heavy atom. The van der Waals surface area contributed by atoms with Crippen LogP contribution >= 0.6 is 0 Å². The summed E-state index contributed by atoms with van der Waals surface area (Å²) >= 11 is 0. The molecule has 0 radical (unpaired) electrons. The predicted molar refractivity (Wildman–Crippen MR) is 104 cm³/mol. The van der Waals surface area contributed by atoms with E-state index in [2.05, 4.69) is 9.97 Å². The third-order valence-corrected chi connectivity index (χ3v) is 4.34. The van der Waals surface area contributed by atoms with Gasteiger partial charge in [-0.05, 0) is 31.0 Å². The third-order valence-electron chi connectivity index (χ3n) is 4.34. The molecule has 0 aliphatic rings. The van der Waals surface area contributed by atoms with Crippen molar-refractivity contribution < 1.29 is 23.5 Å². The molecule has 0 saturated carbocycles. The van der Waals surface area contributed by atoms with Crippen molar-refractivity contribution in [2.75, 3.05) is 7.04 Å². The largest absolute Gasteiger partial charge is 0.478 e. The topological polar surface area (TPSA) is 81.5 Å². The zero-order valence-electron chi connectivity index (χ0n) is 18.5. The van der Waals surface area contributed by atoms with E-state index in [0.717, 1.165) is 0 Å². The quantitative estimate of drug-likeness (QED) is 0.674. The van der Waals surface area contributed by atoms with Crippen molar-refractivity contribution in [2.45, 2.75) is 25.6 Å². The Hall–Kier alpha value is -3.25. The molecule has 0 aliphatic carbocycles. The van der Waals surface area contributed by atoms with Gasteiger partial charge in [0.05, 0.1) is 4.11 Å². The minimum Gasteiger partial charge on any atom is -0.478 e. The highest BCUT2D eigenvalue weighted by Crippen LogP contribution is 2.38. The first-order valence-corrected chi connectivity index (χ1v) is 8.65. The highest BCUT2D eigenvalue weighted by molar-refractivity contribution is 5.76. The lowest BCUT2D eigenvalue weighted by Gasteiger charge is -2.37. The van der Waals surface area contributed by atoms with E-state index in [0.29, 0.717) is 22.5 Å². The molecule has 0 unspecified atom stereocenters. The van der Waals surface area contributed by atoms with Gasteiger partial charge in [-0.3, -0.25) is 0 Å². The summed E-state index contributed by atoms with van der Waals surface area (Å²) in [6.45, 7) is 3.44. The van der Waals surface area contributed by atoms with Gasteiger partial charge in [0, 0.05) is 18.4 Å². The average Bonchev–Trinajstić information content (AvgIpc) is 2.70. The van der Waals surface area contributed by atoms with E-state index < -0.39 is 24.7 Å². The SMILES string of the molecule is [2H]C([2H])([2H])OC(c1ccccc1)(c1ccccc1)[C@@H](Oc1nc(C)cc(C)n1)C(=O)O. The molecule has 0 saturated heterocycles. The van der Waals surface area contributed by atoms with Gasteiger partial charge >= 0.3 is 12.0 Å². The molecule has 1 N–H and O–H groups in total. The highest BCUT2D eigenvalue weighted by Gasteiger charge is 2.49. The van der Waals surface area contributed by atoms with Crippen LogP contribution in [0.2, 0.25) is 0 Å². The van der Waals surface area contributed by atoms with E-state index in [1.54, 1.807) is 80.6 Å². The van der Waals surface area contributed by atoms with E-state index >= 15 is 0 Å². The molecule has 6 nitrogen and oxygen atoms in total. The van der Waals surface area contributed by atoms with Gasteiger partial charge in [-0.2, -0.15) is 0 Å². The van der Waals surface area contributed by atoms with Gasteiger partial charge in [-0.15, -0.1) is 0 Å². The molecular formula is C22H22N2O4. The normalized spacial score (nSPS) is 14.4. The second-order valence-corrected chi connectivity index (χ2v) is 6.34. The molecule has 1 atom stereocenters. The van der Waals surface area contributed by atoms with Crippen LogP contribution in [0.1, 0.15) is 26.6 Å². The number of carbonyl (C=O) groups is 1. The number of ether oxygens (including phenoxy) is 2. The Balaban J connectivity index is 2.28. The van der Waals surface area contributed by atoms with Gasteiger partial charge in [-0.25, -0.2) is 14.8 Å².